The van der Waals surface area contributed by atoms with E-state index in [1.54, 1.807) is 32.8 Å². The molecule has 22 heavy (non-hydrogen) atoms. The smallest absolute Gasteiger partial charge is 0.325 e. The molecule has 2 fully saturated rings. The number of amides is 4. The van der Waals surface area contributed by atoms with Crippen LogP contribution in [-0.4, -0.2) is 77.9 Å². The molecule has 0 radical (unpaired) electrons. The van der Waals surface area contributed by atoms with E-state index in [1.165, 1.54) is 4.90 Å². The van der Waals surface area contributed by atoms with Crippen LogP contribution in [0.1, 0.15) is 33.1 Å². The highest BCUT2D eigenvalue weighted by Gasteiger charge is 2.43. The molecule has 2 aliphatic rings. The van der Waals surface area contributed by atoms with Crippen LogP contribution in [0, 0.1) is 0 Å². The molecule has 0 saturated carbocycles. The zero-order valence-electron chi connectivity index (χ0n) is 13.9. The summed E-state index contributed by atoms with van der Waals surface area (Å²) in [6.45, 7) is 5.43. The minimum absolute atomic E-state index is 0.0606. The Morgan fingerprint density at radius 2 is 2.00 bits per heavy atom. The lowest BCUT2D eigenvalue weighted by atomic mass is 10.1. The van der Waals surface area contributed by atoms with E-state index in [0.717, 1.165) is 25.9 Å². The van der Waals surface area contributed by atoms with E-state index in [9.17, 15) is 14.4 Å². The molecule has 7 heteroatoms. The first-order valence-electron chi connectivity index (χ1n) is 7.83. The third-order valence-electron chi connectivity index (χ3n) is 4.36. The Hall–Kier alpha value is -1.63. The summed E-state index contributed by atoms with van der Waals surface area (Å²) in [7, 11) is 3.54. The number of likely N-dealkylation sites (N-methyl/N-ethyl adjacent to an activating group) is 1. The Balaban J connectivity index is 1.85. The van der Waals surface area contributed by atoms with Crippen molar-refractivity contribution in [2.24, 2.45) is 0 Å². The molecule has 1 N–H and O–H groups in total. The van der Waals surface area contributed by atoms with Gasteiger partial charge < -0.3 is 10.2 Å². The molecule has 2 aliphatic heterocycles. The summed E-state index contributed by atoms with van der Waals surface area (Å²) in [5.74, 6) is -0.0477. The van der Waals surface area contributed by atoms with Gasteiger partial charge in [-0.2, -0.15) is 0 Å². The lowest BCUT2D eigenvalue weighted by Gasteiger charge is -2.26. The van der Waals surface area contributed by atoms with Gasteiger partial charge in [-0.25, -0.2) is 4.79 Å². The summed E-state index contributed by atoms with van der Waals surface area (Å²) in [4.78, 5) is 41.1. The van der Waals surface area contributed by atoms with Gasteiger partial charge >= 0.3 is 6.03 Å². The number of nitrogens with zero attached hydrogens (tertiary/aromatic N) is 3. The third-order valence-corrected chi connectivity index (χ3v) is 4.36. The van der Waals surface area contributed by atoms with E-state index < -0.39 is 5.54 Å². The molecule has 7 nitrogen and oxygen atoms in total. The van der Waals surface area contributed by atoms with Crippen molar-refractivity contribution < 1.29 is 14.4 Å². The maximum Gasteiger partial charge on any atom is 0.325 e. The van der Waals surface area contributed by atoms with E-state index in [0.29, 0.717) is 13.0 Å². The quantitative estimate of drug-likeness (QED) is 0.739. The van der Waals surface area contributed by atoms with Gasteiger partial charge in [-0.15, -0.1) is 0 Å². The number of hydrogen-bond donors (Lipinski definition) is 1. The summed E-state index contributed by atoms with van der Waals surface area (Å²) in [5.41, 5.74) is -0.811. The van der Waals surface area contributed by atoms with Crippen molar-refractivity contribution in [1.29, 1.82) is 0 Å². The highest BCUT2D eigenvalue weighted by atomic mass is 16.2. The first-order chi connectivity index (χ1) is 10.2. The SMILES string of the molecule is CN(C)C(=O)C1CCCN1CCCN1C(=O)NC(C)(C)C1=O. The molecule has 1 atom stereocenters. The number of rotatable bonds is 5. The fourth-order valence-electron chi connectivity index (χ4n) is 3.12. The van der Waals surface area contributed by atoms with Crippen molar-refractivity contribution in [3.8, 4) is 0 Å². The van der Waals surface area contributed by atoms with Gasteiger partial charge in [0.2, 0.25) is 5.91 Å². The molecule has 2 heterocycles. The fraction of sp³-hybridized carbons (Fsp3) is 0.800. The first-order valence-corrected chi connectivity index (χ1v) is 7.83. The number of carbonyl (C=O) groups is 3. The second-order valence-electron chi connectivity index (χ2n) is 6.79. The highest BCUT2D eigenvalue weighted by molar-refractivity contribution is 6.06. The average Bonchev–Trinajstić information content (AvgIpc) is 2.95. The van der Waals surface area contributed by atoms with Crippen molar-refractivity contribution in [2.45, 2.75) is 44.7 Å². The molecule has 0 aromatic carbocycles. The van der Waals surface area contributed by atoms with Crippen molar-refractivity contribution in [2.75, 3.05) is 33.7 Å². The largest absolute Gasteiger partial charge is 0.347 e. The van der Waals surface area contributed by atoms with Crippen LogP contribution < -0.4 is 5.32 Å². The molecule has 0 aromatic rings. The van der Waals surface area contributed by atoms with Gasteiger partial charge in [0.15, 0.2) is 0 Å². The molecule has 0 bridgehead atoms. The zero-order chi connectivity index (χ0) is 16.5. The van der Waals surface area contributed by atoms with Crippen molar-refractivity contribution >= 4 is 17.8 Å². The van der Waals surface area contributed by atoms with Crippen molar-refractivity contribution in [3.63, 3.8) is 0 Å². The number of imide groups is 1. The second-order valence-corrected chi connectivity index (χ2v) is 6.79. The number of hydrogen-bond acceptors (Lipinski definition) is 4. The molecular formula is C15H26N4O3. The lowest BCUT2D eigenvalue weighted by Crippen LogP contribution is -2.44. The predicted molar refractivity (Wildman–Crippen MR) is 82.2 cm³/mol. The normalized spacial score (nSPS) is 24.7. The topological polar surface area (TPSA) is 73.0 Å². The molecule has 124 valence electrons. The summed E-state index contributed by atoms with van der Waals surface area (Å²) in [6.07, 6.45) is 2.58. The summed E-state index contributed by atoms with van der Waals surface area (Å²) in [6, 6.07) is -0.383. The van der Waals surface area contributed by atoms with Crippen LogP contribution in [0.2, 0.25) is 0 Å². The Morgan fingerprint density at radius 3 is 2.55 bits per heavy atom. The molecule has 0 aliphatic carbocycles. The third kappa shape index (κ3) is 3.24. The molecular weight excluding hydrogens is 284 g/mol. The van der Waals surface area contributed by atoms with Crippen LogP contribution in [0.3, 0.4) is 0 Å². The maximum atomic E-state index is 12.1. The van der Waals surface area contributed by atoms with Crippen LogP contribution in [0.4, 0.5) is 4.79 Å². The van der Waals surface area contributed by atoms with E-state index in [4.69, 9.17) is 0 Å². The van der Waals surface area contributed by atoms with Crippen molar-refractivity contribution in [3.05, 3.63) is 0 Å². The molecule has 1 unspecified atom stereocenters. The van der Waals surface area contributed by atoms with Crippen LogP contribution in [-0.2, 0) is 9.59 Å². The molecule has 2 saturated heterocycles. The second kappa shape index (κ2) is 6.24. The standard InChI is InChI=1S/C15H26N4O3/c1-15(2)13(21)19(14(22)16-15)10-6-9-18-8-5-7-11(18)12(20)17(3)4/h11H,5-10H2,1-4H3,(H,16,22). The Kier molecular flexibility index (Phi) is 4.75. The molecule has 0 aromatic heterocycles. The van der Waals surface area contributed by atoms with Gasteiger partial charge in [0.05, 0.1) is 6.04 Å². The van der Waals surface area contributed by atoms with Gasteiger partial charge in [0.25, 0.3) is 5.91 Å². The Bertz CT molecular complexity index is 475. The number of nitrogens with one attached hydrogen (secondary N) is 1. The van der Waals surface area contributed by atoms with E-state index in [2.05, 4.69) is 10.2 Å². The molecule has 0 spiro atoms. The van der Waals surface area contributed by atoms with Crippen molar-refractivity contribution in [1.82, 2.24) is 20.0 Å². The minimum Gasteiger partial charge on any atom is -0.347 e. The Labute approximate surface area is 131 Å². The molecule has 2 rings (SSSR count). The van der Waals surface area contributed by atoms with Gasteiger partial charge in [-0.1, -0.05) is 0 Å². The van der Waals surface area contributed by atoms with Crippen LogP contribution in [0.5, 0.6) is 0 Å². The fourth-order valence-corrected chi connectivity index (χ4v) is 3.12. The lowest BCUT2D eigenvalue weighted by molar-refractivity contribution is -0.133. The number of urea groups is 1. The number of likely N-dealkylation sites (tertiary alicyclic amines) is 1. The Morgan fingerprint density at radius 1 is 1.32 bits per heavy atom. The summed E-state index contributed by atoms with van der Waals surface area (Å²) < 4.78 is 0. The highest BCUT2D eigenvalue weighted by Crippen LogP contribution is 2.20. The average molecular weight is 310 g/mol. The van der Waals surface area contributed by atoms with Gasteiger partial charge in [-0.3, -0.25) is 19.4 Å². The first kappa shape index (κ1) is 16.7. The van der Waals surface area contributed by atoms with E-state index >= 15 is 0 Å². The minimum atomic E-state index is -0.811. The van der Waals surface area contributed by atoms with Gasteiger partial charge in [0, 0.05) is 27.2 Å². The monoisotopic (exact) mass is 310 g/mol. The van der Waals surface area contributed by atoms with E-state index in [1.807, 2.05) is 0 Å². The van der Waals surface area contributed by atoms with Gasteiger partial charge in [-0.05, 0) is 39.7 Å². The van der Waals surface area contributed by atoms with Crippen LogP contribution in [0.15, 0.2) is 0 Å². The predicted octanol–water partition coefficient (Wildman–Crippen LogP) is 0.260. The number of carbonyl (C=O) groups excluding carboxylic acids is 3. The van der Waals surface area contributed by atoms with Gasteiger partial charge in [0.1, 0.15) is 5.54 Å². The molecule has 4 amide bonds. The summed E-state index contributed by atoms with van der Waals surface area (Å²) >= 11 is 0. The summed E-state index contributed by atoms with van der Waals surface area (Å²) in [5, 5.41) is 2.68. The maximum absolute atomic E-state index is 12.1. The van der Waals surface area contributed by atoms with Crippen LogP contribution >= 0.6 is 0 Å². The van der Waals surface area contributed by atoms with Crippen LogP contribution in [0.25, 0.3) is 0 Å². The zero-order valence-corrected chi connectivity index (χ0v) is 13.9. The van der Waals surface area contributed by atoms with E-state index in [-0.39, 0.29) is 23.9 Å².